The first-order chi connectivity index (χ1) is 8.78. The Bertz CT molecular complexity index is 706. The SMILES string of the molecule is CNc1ccccc1-c1nc2ccc(Br)cc2s1. The molecule has 0 bridgehead atoms. The van der Waals surface area contributed by atoms with Gasteiger partial charge in [0.15, 0.2) is 0 Å². The zero-order valence-electron chi connectivity index (χ0n) is 9.77. The first-order valence-corrected chi connectivity index (χ1v) is 7.22. The third-order valence-corrected chi connectivity index (χ3v) is 4.32. The van der Waals surface area contributed by atoms with Gasteiger partial charge in [0, 0.05) is 22.8 Å². The van der Waals surface area contributed by atoms with Gasteiger partial charge in [-0.2, -0.15) is 0 Å². The highest BCUT2D eigenvalue weighted by atomic mass is 79.9. The van der Waals surface area contributed by atoms with Gasteiger partial charge in [-0.3, -0.25) is 0 Å². The second kappa shape index (κ2) is 4.71. The van der Waals surface area contributed by atoms with Gasteiger partial charge in [-0.25, -0.2) is 4.98 Å². The van der Waals surface area contributed by atoms with Crippen LogP contribution in [0.4, 0.5) is 5.69 Å². The molecule has 3 aromatic rings. The smallest absolute Gasteiger partial charge is 0.126 e. The summed E-state index contributed by atoms with van der Waals surface area (Å²) in [4.78, 5) is 4.69. The van der Waals surface area contributed by atoms with E-state index in [-0.39, 0.29) is 0 Å². The van der Waals surface area contributed by atoms with Gasteiger partial charge in [0.25, 0.3) is 0 Å². The Kier molecular flexibility index (Phi) is 3.06. The second-order valence-electron chi connectivity index (χ2n) is 3.93. The molecule has 2 aromatic carbocycles. The molecule has 0 aliphatic rings. The van der Waals surface area contributed by atoms with Gasteiger partial charge in [0.2, 0.25) is 0 Å². The first kappa shape index (κ1) is 11.7. The predicted molar refractivity (Wildman–Crippen MR) is 82.3 cm³/mol. The van der Waals surface area contributed by atoms with Crippen molar-refractivity contribution in [3.8, 4) is 10.6 Å². The van der Waals surface area contributed by atoms with Crippen LogP contribution in [0.25, 0.3) is 20.8 Å². The quantitative estimate of drug-likeness (QED) is 0.736. The molecule has 0 fully saturated rings. The Morgan fingerprint density at radius 3 is 2.83 bits per heavy atom. The highest BCUT2D eigenvalue weighted by Crippen LogP contribution is 2.35. The molecule has 0 saturated carbocycles. The van der Waals surface area contributed by atoms with E-state index < -0.39 is 0 Å². The van der Waals surface area contributed by atoms with Crippen molar-refractivity contribution in [3.63, 3.8) is 0 Å². The number of nitrogens with one attached hydrogen (secondary N) is 1. The van der Waals surface area contributed by atoms with E-state index in [1.807, 2.05) is 31.3 Å². The van der Waals surface area contributed by atoms with Gasteiger partial charge in [-0.05, 0) is 30.3 Å². The maximum atomic E-state index is 4.69. The van der Waals surface area contributed by atoms with Crippen LogP contribution in [0.1, 0.15) is 0 Å². The van der Waals surface area contributed by atoms with Crippen molar-refractivity contribution in [1.82, 2.24) is 4.98 Å². The number of para-hydroxylation sites is 1. The zero-order chi connectivity index (χ0) is 12.5. The van der Waals surface area contributed by atoms with E-state index in [1.165, 1.54) is 4.70 Å². The Morgan fingerprint density at radius 2 is 2.00 bits per heavy atom. The van der Waals surface area contributed by atoms with Crippen LogP contribution in [0.15, 0.2) is 46.9 Å². The normalized spacial score (nSPS) is 10.8. The molecule has 1 heterocycles. The van der Waals surface area contributed by atoms with Crippen LogP contribution < -0.4 is 5.32 Å². The number of anilines is 1. The molecule has 1 aromatic heterocycles. The van der Waals surface area contributed by atoms with Crippen LogP contribution in [-0.4, -0.2) is 12.0 Å². The molecule has 3 rings (SSSR count). The van der Waals surface area contributed by atoms with Crippen molar-refractivity contribution < 1.29 is 0 Å². The molecule has 4 heteroatoms. The standard InChI is InChI=1S/C14H11BrN2S/c1-16-11-5-3-2-4-10(11)14-17-12-7-6-9(15)8-13(12)18-14/h2-8,16H,1H3. The number of nitrogens with zero attached hydrogens (tertiary/aromatic N) is 1. The minimum absolute atomic E-state index is 1.05. The number of halogens is 1. The molecule has 0 atom stereocenters. The fourth-order valence-corrected chi connectivity index (χ4v) is 3.46. The summed E-state index contributed by atoms with van der Waals surface area (Å²) < 4.78 is 2.29. The summed E-state index contributed by atoms with van der Waals surface area (Å²) >= 11 is 5.21. The van der Waals surface area contributed by atoms with Gasteiger partial charge in [0.1, 0.15) is 5.01 Å². The average molecular weight is 319 g/mol. The molecular formula is C14H11BrN2S. The number of thiazole rings is 1. The summed E-state index contributed by atoms with van der Waals surface area (Å²) in [6.07, 6.45) is 0. The Hall–Kier alpha value is -1.39. The summed E-state index contributed by atoms with van der Waals surface area (Å²) in [5.41, 5.74) is 3.30. The fraction of sp³-hybridized carbons (Fsp3) is 0.0714. The van der Waals surface area contributed by atoms with Crippen molar-refractivity contribution >= 4 is 43.2 Å². The lowest BCUT2D eigenvalue weighted by molar-refractivity contribution is 1.45. The highest BCUT2D eigenvalue weighted by molar-refractivity contribution is 9.10. The lowest BCUT2D eigenvalue weighted by atomic mass is 10.2. The molecule has 1 N–H and O–H groups in total. The molecular weight excluding hydrogens is 308 g/mol. The third kappa shape index (κ3) is 2.02. The maximum absolute atomic E-state index is 4.69. The number of hydrogen-bond donors (Lipinski definition) is 1. The highest BCUT2D eigenvalue weighted by Gasteiger charge is 2.09. The van der Waals surface area contributed by atoms with E-state index in [0.717, 1.165) is 26.2 Å². The number of benzene rings is 2. The molecule has 0 saturated heterocycles. The third-order valence-electron chi connectivity index (χ3n) is 2.78. The van der Waals surface area contributed by atoms with Gasteiger partial charge in [-0.1, -0.05) is 28.1 Å². The molecule has 0 amide bonds. The Labute approximate surface area is 118 Å². The summed E-state index contributed by atoms with van der Waals surface area (Å²) in [6.45, 7) is 0. The lowest BCUT2D eigenvalue weighted by Crippen LogP contribution is -1.90. The monoisotopic (exact) mass is 318 g/mol. The van der Waals surface area contributed by atoms with Crippen LogP contribution in [0.5, 0.6) is 0 Å². The van der Waals surface area contributed by atoms with E-state index in [0.29, 0.717) is 0 Å². The molecule has 2 nitrogen and oxygen atoms in total. The number of aromatic nitrogens is 1. The minimum Gasteiger partial charge on any atom is -0.388 e. The number of rotatable bonds is 2. The van der Waals surface area contributed by atoms with Gasteiger partial charge < -0.3 is 5.32 Å². The predicted octanol–water partition coefficient (Wildman–Crippen LogP) is 4.77. The lowest BCUT2D eigenvalue weighted by Gasteiger charge is -2.04. The van der Waals surface area contributed by atoms with Crippen molar-refractivity contribution in [2.24, 2.45) is 0 Å². The summed E-state index contributed by atoms with van der Waals surface area (Å²) in [5.74, 6) is 0. The van der Waals surface area contributed by atoms with Crippen LogP contribution >= 0.6 is 27.3 Å². The molecule has 90 valence electrons. The largest absolute Gasteiger partial charge is 0.388 e. The second-order valence-corrected chi connectivity index (χ2v) is 5.87. The van der Waals surface area contributed by atoms with Gasteiger partial charge >= 0.3 is 0 Å². The summed E-state index contributed by atoms with van der Waals surface area (Å²) in [5, 5.41) is 4.26. The van der Waals surface area contributed by atoms with E-state index in [2.05, 4.69) is 39.4 Å². The van der Waals surface area contributed by atoms with Gasteiger partial charge in [-0.15, -0.1) is 11.3 Å². The molecule has 0 aliphatic heterocycles. The molecule has 18 heavy (non-hydrogen) atoms. The van der Waals surface area contributed by atoms with Gasteiger partial charge in [0.05, 0.1) is 10.2 Å². The average Bonchev–Trinajstić information content (AvgIpc) is 2.81. The van der Waals surface area contributed by atoms with Crippen molar-refractivity contribution in [2.75, 3.05) is 12.4 Å². The Balaban J connectivity index is 2.19. The first-order valence-electron chi connectivity index (χ1n) is 5.61. The summed E-state index contributed by atoms with van der Waals surface area (Å²) in [7, 11) is 1.93. The van der Waals surface area contributed by atoms with E-state index >= 15 is 0 Å². The van der Waals surface area contributed by atoms with Crippen LogP contribution in [0.3, 0.4) is 0 Å². The van der Waals surface area contributed by atoms with E-state index in [4.69, 9.17) is 4.98 Å². The summed E-state index contributed by atoms with van der Waals surface area (Å²) in [6, 6.07) is 14.4. The molecule has 0 radical (unpaired) electrons. The number of fused-ring (bicyclic) bond motifs is 1. The fourth-order valence-electron chi connectivity index (χ4n) is 1.90. The van der Waals surface area contributed by atoms with Crippen LogP contribution in [0.2, 0.25) is 0 Å². The molecule has 0 aliphatic carbocycles. The molecule has 0 unspecified atom stereocenters. The minimum atomic E-state index is 1.05. The van der Waals surface area contributed by atoms with Crippen molar-refractivity contribution in [2.45, 2.75) is 0 Å². The number of hydrogen-bond acceptors (Lipinski definition) is 3. The Morgan fingerprint density at radius 1 is 1.17 bits per heavy atom. The maximum Gasteiger partial charge on any atom is 0.126 e. The van der Waals surface area contributed by atoms with Crippen LogP contribution in [0, 0.1) is 0 Å². The van der Waals surface area contributed by atoms with Crippen LogP contribution in [-0.2, 0) is 0 Å². The zero-order valence-corrected chi connectivity index (χ0v) is 12.2. The van der Waals surface area contributed by atoms with E-state index in [9.17, 15) is 0 Å². The molecule has 0 spiro atoms. The van der Waals surface area contributed by atoms with Crippen molar-refractivity contribution in [1.29, 1.82) is 0 Å². The topological polar surface area (TPSA) is 24.9 Å². The van der Waals surface area contributed by atoms with Crippen molar-refractivity contribution in [3.05, 3.63) is 46.9 Å². The van der Waals surface area contributed by atoms with E-state index in [1.54, 1.807) is 11.3 Å².